The van der Waals surface area contributed by atoms with Gasteiger partial charge in [-0.2, -0.15) is 0 Å². The van der Waals surface area contributed by atoms with E-state index in [9.17, 15) is 18.0 Å². The van der Waals surface area contributed by atoms with Crippen LogP contribution in [0.5, 0.6) is 0 Å². The van der Waals surface area contributed by atoms with Crippen LogP contribution in [0, 0.1) is 11.2 Å². The highest BCUT2D eigenvalue weighted by molar-refractivity contribution is 7.88. The quantitative estimate of drug-likeness (QED) is 0.361. The summed E-state index contributed by atoms with van der Waals surface area (Å²) in [6.45, 7) is 7.97. The maximum atomic E-state index is 15.9. The highest BCUT2D eigenvalue weighted by Crippen LogP contribution is 2.57. The Morgan fingerprint density at radius 3 is 2.57 bits per heavy atom. The molecule has 3 aliphatic rings. The van der Waals surface area contributed by atoms with Gasteiger partial charge in [0.25, 0.3) is 0 Å². The van der Waals surface area contributed by atoms with Crippen LogP contribution < -0.4 is 20.7 Å². The molecule has 2 heterocycles. The molecule has 0 bridgehead atoms. The molecular formula is C30H37Cl2FN4O4S. The van der Waals surface area contributed by atoms with Gasteiger partial charge in [-0.3, -0.25) is 9.59 Å². The Hall–Kier alpha value is -2.24. The van der Waals surface area contributed by atoms with Crippen molar-refractivity contribution in [3.05, 3.63) is 63.4 Å². The summed E-state index contributed by atoms with van der Waals surface area (Å²) in [5, 5.41) is 9.86. The van der Waals surface area contributed by atoms with Crippen molar-refractivity contribution in [1.29, 1.82) is 0 Å². The minimum atomic E-state index is -3.45. The van der Waals surface area contributed by atoms with Crippen molar-refractivity contribution < 1.29 is 22.4 Å². The molecule has 4 N–H and O–H groups in total. The number of halogens is 3. The maximum absolute atomic E-state index is 15.9. The van der Waals surface area contributed by atoms with Gasteiger partial charge in [-0.25, -0.2) is 17.5 Å². The monoisotopic (exact) mass is 638 g/mol. The van der Waals surface area contributed by atoms with Crippen molar-refractivity contribution in [2.75, 3.05) is 11.6 Å². The zero-order chi connectivity index (χ0) is 30.8. The molecule has 2 amide bonds. The van der Waals surface area contributed by atoms with E-state index in [1.807, 2.05) is 6.92 Å². The number of sulfonamides is 1. The number of nitrogens with one attached hydrogen (secondary N) is 4. The number of fused-ring (bicyclic) bond motifs is 2. The van der Waals surface area contributed by atoms with Crippen LogP contribution in [-0.2, 0) is 25.0 Å². The third-order valence-electron chi connectivity index (χ3n) is 8.74. The number of carbonyl (C=O) groups excluding carboxylic acids is 2. The lowest BCUT2D eigenvalue weighted by Crippen LogP contribution is -2.50. The van der Waals surface area contributed by atoms with Crippen molar-refractivity contribution >= 4 is 50.7 Å². The van der Waals surface area contributed by atoms with Gasteiger partial charge in [0, 0.05) is 34.3 Å². The molecule has 8 nitrogen and oxygen atoms in total. The second kappa shape index (κ2) is 10.7. The molecule has 1 saturated heterocycles. The average Bonchev–Trinajstić information content (AvgIpc) is 3.46. The third kappa shape index (κ3) is 5.68. The lowest BCUT2D eigenvalue weighted by molar-refractivity contribution is -0.124. The van der Waals surface area contributed by atoms with Gasteiger partial charge in [-0.15, -0.1) is 0 Å². The smallest absolute Gasteiger partial charge is 0.238 e. The molecule has 2 aliphatic heterocycles. The molecule has 1 aliphatic carbocycles. The topological polar surface area (TPSA) is 116 Å². The van der Waals surface area contributed by atoms with Crippen molar-refractivity contribution in [3.8, 4) is 0 Å². The molecule has 42 heavy (non-hydrogen) atoms. The molecule has 0 unspecified atom stereocenters. The molecule has 228 valence electrons. The van der Waals surface area contributed by atoms with E-state index >= 15 is 4.39 Å². The van der Waals surface area contributed by atoms with Crippen LogP contribution in [0.4, 0.5) is 10.1 Å². The first-order valence-corrected chi connectivity index (χ1v) is 16.7. The number of hydrogen-bond donors (Lipinski definition) is 4. The van der Waals surface area contributed by atoms with Gasteiger partial charge in [0.2, 0.25) is 21.8 Å². The van der Waals surface area contributed by atoms with E-state index in [1.54, 1.807) is 30.3 Å². The first kappa shape index (κ1) is 31.2. The summed E-state index contributed by atoms with van der Waals surface area (Å²) in [6, 6.07) is 7.94. The predicted octanol–water partition coefficient (Wildman–Crippen LogP) is 4.86. The minimum Gasteiger partial charge on any atom is -0.352 e. The molecule has 0 radical (unpaired) electrons. The van der Waals surface area contributed by atoms with Crippen molar-refractivity contribution in [3.63, 3.8) is 0 Å². The Kier molecular flexibility index (Phi) is 7.97. The molecule has 6 atom stereocenters. The zero-order valence-electron chi connectivity index (χ0n) is 24.3. The first-order chi connectivity index (χ1) is 19.4. The largest absolute Gasteiger partial charge is 0.352 e. The molecule has 1 saturated carbocycles. The second-order valence-electron chi connectivity index (χ2n) is 13.5. The molecule has 2 fully saturated rings. The number of hydrogen-bond acceptors (Lipinski definition) is 5. The maximum Gasteiger partial charge on any atom is 0.238 e. The molecule has 12 heteroatoms. The first-order valence-electron chi connectivity index (χ1n) is 14.0. The van der Waals surface area contributed by atoms with E-state index < -0.39 is 44.8 Å². The van der Waals surface area contributed by atoms with Crippen LogP contribution in [0.3, 0.4) is 0 Å². The Morgan fingerprint density at radius 1 is 1.19 bits per heavy atom. The third-order valence-corrected chi connectivity index (χ3v) is 10.1. The molecule has 0 aromatic heterocycles. The highest BCUT2D eigenvalue weighted by Gasteiger charge is 2.66. The Labute approximate surface area is 256 Å². The van der Waals surface area contributed by atoms with Crippen LogP contribution in [0.2, 0.25) is 10.0 Å². The van der Waals surface area contributed by atoms with E-state index in [0.717, 1.165) is 6.26 Å². The molecule has 2 aromatic rings. The number of benzene rings is 2. The van der Waals surface area contributed by atoms with E-state index in [2.05, 4.69) is 41.4 Å². The summed E-state index contributed by atoms with van der Waals surface area (Å²) < 4.78 is 42.5. The predicted molar refractivity (Wildman–Crippen MR) is 163 cm³/mol. The van der Waals surface area contributed by atoms with Crippen LogP contribution in [-0.4, -0.2) is 50.2 Å². The average molecular weight is 640 g/mol. The van der Waals surface area contributed by atoms with Crippen LogP contribution in [0.25, 0.3) is 0 Å². The van der Waals surface area contributed by atoms with Gasteiger partial charge in [-0.1, -0.05) is 62.2 Å². The molecule has 1 spiro atoms. The van der Waals surface area contributed by atoms with Crippen LogP contribution in [0.1, 0.15) is 70.4 Å². The van der Waals surface area contributed by atoms with Crippen LogP contribution >= 0.6 is 23.2 Å². The Balaban J connectivity index is 1.61. The lowest BCUT2D eigenvalue weighted by Gasteiger charge is -2.37. The van der Waals surface area contributed by atoms with Gasteiger partial charge in [0.1, 0.15) is 11.2 Å². The van der Waals surface area contributed by atoms with E-state index in [1.165, 1.54) is 6.07 Å². The summed E-state index contributed by atoms with van der Waals surface area (Å²) in [5.74, 6) is -2.36. The number of carbonyl (C=O) groups is 2. The summed E-state index contributed by atoms with van der Waals surface area (Å²) in [4.78, 5) is 28.4. The van der Waals surface area contributed by atoms with Crippen molar-refractivity contribution in [2.24, 2.45) is 5.41 Å². The van der Waals surface area contributed by atoms with Gasteiger partial charge in [-0.05, 0) is 67.3 Å². The summed E-state index contributed by atoms with van der Waals surface area (Å²) in [6.07, 6.45) is 3.12. The number of rotatable bonds is 6. The minimum absolute atomic E-state index is 0.103. The normalized spacial score (nSPS) is 30.9. The molecule has 2 aromatic carbocycles. The number of anilines is 1. The second-order valence-corrected chi connectivity index (χ2v) is 16.1. The van der Waals surface area contributed by atoms with Crippen molar-refractivity contribution in [1.82, 2.24) is 15.4 Å². The van der Waals surface area contributed by atoms with Crippen molar-refractivity contribution in [2.45, 2.75) is 88.4 Å². The van der Waals surface area contributed by atoms with Gasteiger partial charge >= 0.3 is 0 Å². The fourth-order valence-electron chi connectivity index (χ4n) is 7.35. The summed E-state index contributed by atoms with van der Waals surface area (Å²) in [5.41, 5.74) is -0.966. The van der Waals surface area contributed by atoms with Gasteiger partial charge < -0.3 is 16.0 Å². The SMILES string of the molecule is CC(C)(C)C[C@H]1N[C@@H](C(=O)N[C@H]2CC[C@@](C)(NS(C)(=O)=O)C2)[C@H](c2cccc(Cl)c2F)[C@@]12C(=O)Nc1cc(Cl)ccc12. The molecular weight excluding hydrogens is 602 g/mol. The fraction of sp³-hybridized carbons (Fsp3) is 0.533. The zero-order valence-corrected chi connectivity index (χ0v) is 26.6. The van der Waals surface area contributed by atoms with E-state index in [0.29, 0.717) is 42.0 Å². The summed E-state index contributed by atoms with van der Waals surface area (Å²) in [7, 11) is -3.45. The van der Waals surface area contributed by atoms with Gasteiger partial charge in [0.15, 0.2) is 0 Å². The van der Waals surface area contributed by atoms with E-state index in [-0.39, 0.29) is 33.9 Å². The lowest BCUT2D eigenvalue weighted by atomic mass is 9.62. The van der Waals surface area contributed by atoms with Gasteiger partial charge in [0.05, 0.1) is 17.3 Å². The Bertz CT molecular complexity index is 1550. The van der Waals surface area contributed by atoms with E-state index in [4.69, 9.17) is 23.2 Å². The molecule has 5 rings (SSSR count). The standard InChI is InChI=1S/C30H37Cl2FN4O4S/c1-28(2,3)15-22-30(19-10-9-16(31)13-21(19)35-27(30)39)23(18-7-6-8-20(32)24(18)33)25(36-22)26(38)34-17-11-12-29(4,14-17)37-42(5,40)41/h6-10,13,17,22-23,25,36-37H,11-12,14-15H2,1-5H3,(H,34,38)(H,35,39)/t17-,22+,23-,25+,29+,30-/m0/s1. The Morgan fingerprint density at radius 2 is 1.90 bits per heavy atom. The fourth-order valence-corrected chi connectivity index (χ4v) is 8.78. The number of amides is 2. The highest BCUT2D eigenvalue weighted by atomic mass is 35.5. The summed E-state index contributed by atoms with van der Waals surface area (Å²) >= 11 is 12.6. The van der Waals surface area contributed by atoms with Crippen LogP contribution in [0.15, 0.2) is 36.4 Å².